The maximum absolute atomic E-state index is 11.6. The van der Waals surface area contributed by atoms with E-state index >= 15 is 0 Å². The van der Waals surface area contributed by atoms with Crippen molar-refractivity contribution in [3.05, 3.63) is 4.91 Å². The van der Waals surface area contributed by atoms with Crippen LogP contribution in [0.1, 0.15) is 149 Å². The Bertz CT molecular complexity index is 361. The molecule has 0 radical (unpaired) electrons. The number of carbonyl (C=O) groups excluding carboxylic acids is 1. The molecule has 0 heterocycles. The number of rotatable bonds is 23. The molecule has 0 bridgehead atoms. The molecule has 4 heteroatoms. The van der Waals surface area contributed by atoms with Gasteiger partial charge in [0, 0.05) is 6.42 Å². The minimum atomic E-state index is -0.553. The van der Waals surface area contributed by atoms with Gasteiger partial charge in [-0.2, -0.15) is 0 Å². The average molecular weight is 411 g/mol. The van der Waals surface area contributed by atoms with E-state index in [1.54, 1.807) is 0 Å². The molecule has 0 aliphatic rings. The molecule has 0 aromatic carbocycles. The van der Waals surface area contributed by atoms with E-state index in [4.69, 9.17) is 0 Å². The molecule has 0 saturated carbocycles. The summed E-state index contributed by atoms with van der Waals surface area (Å²) in [5, 5.41) is 5.55. The summed E-state index contributed by atoms with van der Waals surface area (Å²) in [6.07, 6.45) is 26.3. The van der Waals surface area contributed by atoms with Gasteiger partial charge in [-0.1, -0.05) is 129 Å². The number of nitrogens with zero attached hydrogens (tertiary/aromatic N) is 1. The summed E-state index contributed by atoms with van der Waals surface area (Å²) in [5.74, 6) is -0.0385. The van der Waals surface area contributed by atoms with E-state index < -0.39 is 6.17 Å². The Morgan fingerprint density at radius 2 is 0.966 bits per heavy atom. The molecule has 0 aliphatic heterocycles. The van der Waals surface area contributed by atoms with Crippen LogP contribution in [0.3, 0.4) is 0 Å². The van der Waals surface area contributed by atoms with Crippen molar-refractivity contribution in [2.75, 3.05) is 0 Å². The molecule has 0 rings (SSSR count). The number of hydrogen-bond donors (Lipinski definition) is 1. The van der Waals surface area contributed by atoms with Crippen molar-refractivity contribution >= 4 is 5.91 Å². The van der Waals surface area contributed by atoms with Crippen molar-refractivity contribution in [1.82, 2.24) is 5.32 Å². The highest BCUT2D eigenvalue weighted by molar-refractivity contribution is 5.76. The fraction of sp³-hybridized carbons (Fsp3) is 0.960. The van der Waals surface area contributed by atoms with Crippen LogP contribution in [0.15, 0.2) is 5.18 Å². The molecule has 1 N–H and O–H groups in total. The molecule has 0 aliphatic carbocycles. The zero-order valence-electron chi connectivity index (χ0n) is 19.7. The second-order valence-electron chi connectivity index (χ2n) is 8.71. The van der Waals surface area contributed by atoms with Crippen molar-refractivity contribution in [2.45, 2.75) is 155 Å². The molecule has 0 aromatic rings. The SMILES string of the molecule is CCCCCCCCCCCCCCCCCCCCCC(=O)NC(CC)N=O. The lowest BCUT2D eigenvalue weighted by atomic mass is 10.0. The van der Waals surface area contributed by atoms with Crippen molar-refractivity contribution < 1.29 is 4.79 Å². The molecule has 0 fully saturated rings. The lowest BCUT2D eigenvalue weighted by Crippen LogP contribution is -2.32. The third-order valence-electron chi connectivity index (χ3n) is 5.85. The molecule has 0 spiro atoms. The molecule has 4 nitrogen and oxygen atoms in total. The summed E-state index contributed by atoms with van der Waals surface area (Å²) in [6.45, 7) is 4.13. The van der Waals surface area contributed by atoms with Crippen molar-refractivity contribution in [3.8, 4) is 0 Å². The van der Waals surface area contributed by atoms with Crippen LogP contribution in [0, 0.1) is 4.91 Å². The molecule has 1 atom stereocenters. The third-order valence-corrected chi connectivity index (χ3v) is 5.85. The topological polar surface area (TPSA) is 58.5 Å². The van der Waals surface area contributed by atoms with Gasteiger partial charge in [0.15, 0.2) is 6.17 Å². The van der Waals surface area contributed by atoms with Gasteiger partial charge >= 0.3 is 0 Å². The van der Waals surface area contributed by atoms with E-state index in [1.807, 2.05) is 6.92 Å². The predicted molar refractivity (Wildman–Crippen MR) is 126 cm³/mol. The highest BCUT2D eigenvalue weighted by atomic mass is 16.3. The Balaban J connectivity index is 3.15. The van der Waals surface area contributed by atoms with Crippen LogP contribution in [-0.4, -0.2) is 12.1 Å². The second-order valence-corrected chi connectivity index (χ2v) is 8.71. The summed E-state index contributed by atoms with van der Waals surface area (Å²) in [4.78, 5) is 22.1. The van der Waals surface area contributed by atoms with Gasteiger partial charge in [-0.05, 0) is 18.0 Å². The van der Waals surface area contributed by atoms with Gasteiger partial charge < -0.3 is 5.32 Å². The summed E-state index contributed by atoms with van der Waals surface area (Å²) in [6, 6.07) is 0. The molecular formula is C25H50N2O2. The van der Waals surface area contributed by atoms with Crippen molar-refractivity contribution in [1.29, 1.82) is 0 Å². The van der Waals surface area contributed by atoms with Crippen LogP contribution in [0.5, 0.6) is 0 Å². The maximum atomic E-state index is 11.6. The van der Waals surface area contributed by atoms with Gasteiger partial charge in [0.25, 0.3) is 0 Å². The van der Waals surface area contributed by atoms with E-state index in [0.29, 0.717) is 12.8 Å². The van der Waals surface area contributed by atoms with Crippen LogP contribution < -0.4 is 5.32 Å². The molecule has 29 heavy (non-hydrogen) atoms. The van der Waals surface area contributed by atoms with E-state index in [9.17, 15) is 9.70 Å². The molecular weight excluding hydrogens is 360 g/mol. The average Bonchev–Trinajstić information content (AvgIpc) is 2.73. The van der Waals surface area contributed by atoms with Gasteiger partial charge in [0.05, 0.1) is 0 Å². The molecule has 172 valence electrons. The normalized spacial score (nSPS) is 12.1. The van der Waals surface area contributed by atoms with Gasteiger partial charge in [0.1, 0.15) is 0 Å². The zero-order valence-corrected chi connectivity index (χ0v) is 19.7. The number of nitrogens with one attached hydrogen (secondary N) is 1. The standard InChI is InChI=1S/C25H50N2O2/c1-3-5-6-7-8-9-10-11-12-13-14-15-16-17-18-19-20-21-22-23-25(28)26-24(4-2)27-29/h24H,3-23H2,1-2H3,(H,26,28). The maximum Gasteiger partial charge on any atom is 0.221 e. The first-order valence-corrected chi connectivity index (χ1v) is 12.9. The number of unbranched alkanes of at least 4 members (excludes halogenated alkanes) is 18. The smallest absolute Gasteiger partial charge is 0.221 e. The molecule has 0 saturated heterocycles. The van der Waals surface area contributed by atoms with Gasteiger partial charge in [-0.15, -0.1) is 4.91 Å². The molecule has 1 amide bonds. The Hall–Kier alpha value is -0.930. The van der Waals surface area contributed by atoms with E-state index in [2.05, 4.69) is 17.4 Å². The van der Waals surface area contributed by atoms with Crippen molar-refractivity contribution in [2.24, 2.45) is 5.18 Å². The van der Waals surface area contributed by atoms with Gasteiger partial charge in [-0.25, -0.2) is 0 Å². The largest absolute Gasteiger partial charge is 0.331 e. The lowest BCUT2D eigenvalue weighted by Gasteiger charge is -2.08. The first-order chi connectivity index (χ1) is 14.2. The minimum absolute atomic E-state index is 0.0385. The summed E-state index contributed by atoms with van der Waals surface area (Å²) in [7, 11) is 0. The molecule has 0 aromatic heterocycles. The van der Waals surface area contributed by atoms with Gasteiger partial charge in [0.2, 0.25) is 5.91 Å². The van der Waals surface area contributed by atoms with E-state index in [0.717, 1.165) is 12.8 Å². The highest BCUT2D eigenvalue weighted by Crippen LogP contribution is 2.14. The second kappa shape index (κ2) is 23.3. The monoisotopic (exact) mass is 410 g/mol. The van der Waals surface area contributed by atoms with E-state index in [1.165, 1.54) is 109 Å². The summed E-state index contributed by atoms with van der Waals surface area (Å²) < 4.78 is 0. The minimum Gasteiger partial charge on any atom is -0.331 e. The first kappa shape index (κ1) is 28.1. The van der Waals surface area contributed by atoms with Crippen LogP contribution in [0.25, 0.3) is 0 Å². The number of hydrogen-bond acceptors (Lipinski definition) is 3. The van der Waals surface area contributed by atoms with Crippen molar-refractivity contribution in [3.63, 3.8) is 0 Å². The van der Waals surface area contributed by atoms with Crippen LogP contribution in [0.4, 0.5) is 0 Å². The van der Waals surface area contributed by atoms with Crippen LogP contribution >= 0.6 is 0 Å². The Kier molecular flexibility index (Phi) is 22.6. The number of amides is 1. The number of nitroso groups, excluding NO2 is 1. The number of carbonyl (C=O) groups is 1. The highest BCUT2D eigenvalue weighted by Gasteiger charge is 2.09. The first-order valence-electron chi connectivity index (χ1n) is 12.9. The zero-order chi connectivity index (χ0) is 21.4. The third kappa shape index (κ3) is 21.6. The summed E-state index contributed by atoms with van der Waals surface area (Å²) >= 11 is 0. The van der Waals surface area contributed by atoms with E-state index in [-0.39, 0.29) is 5.91 Å². The molecule has 1 unspecified atom stereocenters. The predicted octanol–water partition coefficient (Wildman–Crippen LogP) is 8.43. The summed E-state index contributed by atoms with van der Waals surface area (Å²) in [5.41, 5.74) is 0. The Morgan fingerprint density at radius 1 is 0.621 bits per heavy atom. The fourth-order valence-electron chi connectivity index (χ4n) is 3.82. The van der Waals surface area contributed by atoms with Crippen LogP contribution in [0.2, 0.25) is 0 Å². The van der Waals surface area contributed by atoms with Crippen LogP contribution in [-0.2, 0) is 4.79 Å². The van der Waals surface area contributed by atoms with Gasteiger partial charge in [-0.3, -0.25) is 4.79 Å². The quantitative estimate of drug-likeness (QED) is 0.136. The lowest BCUT2D eigenvalue weighted by molar-refractivity contribution is -0.121. The Morgan fingerprint density at radius 3 is 1.28 bits per heavy atom. The Labute approximate surface area is 181 Å². The fourth-order valence-corrected chi connectivity index (χ4v) is 3.82.